The second-order valence-electron chi connectivity index (χ2n) is 9.94. The van der Waals surface area contributed by atoms with E-state index in [0.717, 1.165) is 5.69 Å². The molecular weight excluding hydrogens is 474 g/mol. The SMILES string of the molecule is C[C@@H](C(=O)Nc1cc(-c2[nH]c3c(c2-c2ccc(F)cc2)C(=O)NC(C)(C)C3)ccn1)c1ccc(F)cc1. The van der Waals surface area contributed by atoms with Crippen LogP contribution in [0.4, 0.5) is 14.6 Å². The number of pyridine rings is 1. The molecule has 1 aliphatic heterocycles. The lowest BCUT2D eigenvalue weighted by atomic mass is 9.88. The van der Waals surface area contributed by atoms with Gasteiger partial charge in [0, 0.05) is 35.0 Å². The van der Waals surface area contributed by atoms with Gasteiger partial charge in [-0.25, -0.2) is 13.8 Å². The minimum atomic E-state index is -0.524. The fourth-order valence-electron chi connectivity index (χ4n) is 4.70. The third-order valence-electron chi connectivity index (χ3n) is 6.57. The summed E-state index contributed by atoms with van der Waals surface area (Å²) in [4.78, 5) is 33.8. The summed E-state index contributed by atoms with van der Waals surface area (Å²) in [6, 6.07) is 15.3. The highest BCUT2D eigenvalue weighted by Crippen LogP contribution is 2.40. The van der Waals surface area contributed by atoms with Gasteiger partial charge in [-0.1, -0.05) is 24.3 Å². The Morgan fingerprint density at radius 3 is 2.30 bits per heavy atom. The molecule has 5 rings (SSSR count). The van der Waals surface area contributed by atoms with Gasteiger partial charge in [0.25, 0.3) is 5.91 Å². The molecule has 0 saturated carbocycles. The number of hydrogen-bond acceptors (Lipinski definition) is 3. The summed E-state index contributed by atoms with van der Waals surface area (Å²) >= 11 is 0. The zero-order valence-electron chi connectivity index (χ0n) is 20.7. The first-order chi connectivity index (χ1) is 17.6. The minimum Gasteiger partial charge on any atom is -0.357 e. The van der Waals surface area contributed by atoms with Crippen molar-refractivity contribution in [2.45, 2.75) is 38.6 Å². The maximum absolute atomic E-state index is 13.7. The van der Waals surface area contributed by atoms with Gasteiger partial charge in [0.15, 0.2) is 0 Å². The molecule has 0 aliphatic carbocycles. The lowest BCUT2D eigenvalue weighted by molar-refractivity contribution is -0.117. The average molecular weight is 501 g/mol. The average Bonchev–Trinajstić information content (AvgIpc) is 3.23. The standard InChI is InChI=1S/C29H26F2N4O2/c1-16(17-4-8-20(30)9-5-17)27(36)34-23-14-19(12-13-32-23)26-24(18-6-10-21(31)11-7-18)25-22(33-26)15-29(2,3)35-28(25)37/h4-14,16,33H,15H2,1-3H3,(H,35,37)(H,32,34,36)/t16-/m1/s1. The van der Waals surface area contributed by atoms with E-state index in [1.54, 1.807) is 49.5 Å². The van der Waals surface area contributed by atoms with Crippen molar-refractivity contribution in [1.82, 2.24) is 15.3 Å². The predicted molar refractivity (Wildman–Crippen MR) is 138 cm³/mol. The van der Waals surface area contributed by atoms with Crippen molar-refractivity contribution in [2.75, 3.05) is 5.32 Å². The molecule has 0 unspecified atom stereocenters. The van der Waals surface area contributed by atoms with Crippen LogP contribution in [0.25, 0.3) is 22.4 Å². The highest BCUT2D eigenvalue weighted by molar-refractivity contribution is 6.07. The van der Waals surface area contributed by atoms with Gasteiger partial charge < -0.3 is 15.6 Å². The van der Waals surface area contributed by atoms with E-state index >= 15 is 0 Å². The molecule has 37 heavy (non-hydrogen) atoms. The number of hydrogen-bond donors (Lipinski definition) is 3. The maximum atomic E-state index is 13.7. The molecule has 3 N–H and O–H groups in total. The van der Waals surface area contributed by atoms with E-state index < -0.39 is 11.5 Å². The summed E-state index contributed by atoms with van der Waals surface area (Å²) in [5.41, 5.74) is 4.29. The Balaban J connectivity index is 1.53. The molecule has 0 fully saturated rings. The molecule has 8 heteroatoms. The van der Waals surface area contributed by atoms with Crippen LogP contribution < -0.4 is 10.6 Å². The van der Waals surface area contributed by atoms with E-state index in [0.29, 0.717) is 45.7 Å². The summed E-state index contributed by atoms with van der Waals surface area (Å²) in [5.74, 6) is -1.42. The van der Waals surface area contributed by atoms with Crippen molar-refractivity contribution in [3.05, 3.63) is 95.3 Å². The summed E-state index contributed by atoms with van der Waals surface area (Å²) in [6.07, 6.45) is 2.16. The molecule has 1 atom stereocenters. The molecule has 0 spiro atoms. The van der Waals surface area contributed by atoms with Crippen molar-refractivity contribution < 1.29 is 18.4 Å². The number of nitrogens with one attached hydrogen (secondary N) is 3. The molecular formula is C29H26F2N4O2. The molecule has 6 nitrogen and oxygen atoms in total. The zero-order chi connectivity index (χ0) is 26.3. The first kappa shape index (κ1) is 24.4. The number of aromatic nitrogens is 2. The van der Waals surface area contributed by atoms with Gasteiger partial charge in [0.05, 0.1) is 17.2 Å². The van der Waals surface area contributed by atoms with Gasteiger partial charge in [-0.2, -0.15) is 0 Å². The molecule has 3 heterocycles. The van der Waals surface area contributed by atoms with Crippen LogP contribution in [0.1, 0.15) is 48.3 Å². The first-order valence-corrected chi connectivity index (χ1v) is 12.0. The number of carbonyl (C=O) groups is 2. The number of H-pyrrole nitrogens is 1. The molecule has 2 aromatic carbocycles. The molecule has 4 aromatic rings. The highest BCUT2D eigenvalue weighted by atomic mass is 19.1. The van der Waals surface area contributed by atoms with Gasteiger partial charge in [-0.3, -0.25) is 9.59 Å². The summed E-state index contributed by atoms with van der Waals surface area (Å²) in [6.45, 7) is 5.64. The van der Waals surface area contributed by atoms with Crippen molar-refractivity contribution in [2.24, 2.45) is 0 Å². The lowest BCUT2D eigenvalue weighted by Crippen LogP contribution is -2.49. The third kappa shape index (κ3) is 4.87. The van der Waals surface area contributed by atoms with Crippen molar-refractivity contribution in [3.8, 4) is 22.4 Å². The lowest BCUT2D eigenvalue weighted by Gasteiger charge is -2.30. The van der Waals surface area contributed by atoms with Crippen molar-refractivity contribution >= 4 is 17.6 Å². The first-order valence-electron chi connectivity index (χ1n) is 12.0. The summed E-state index contributed by atoms with van der Waals surface area (Å²) < 4.78 is 27.0. The molecule has 0 bridgehead atoms. The number of amides is 2. The van der Waals surface area contributed by atoms with Crippen LogP contribution in [0.3, 0.4) is 0 Å². The van der Waals surface area contributed by atoms with E-state index in [1.807, 2.05) is 13.8 Å². The Labute approximate surface area is 213 Å². The summed E-state index contributed by atoms with van der Waals surface area (Å²) in [5, 5.41) is 5.87. The monoisotopic (exact) mass is 500 g/mol. The number of rotatable bonds is 5. The van der Waals surface area contributed by atoms with Crippen LogP contribution >= 0.6 is 0 Å². The van der Waals surface area contributed by atoms with Gasteiger partial charge >= 0.3 is 0 Å². The largest absolute Gasteiger partial charge is 0.357 e. The normalized spacial score (nSPS) is 15.0. The van der Waals surface area contributed by atoms with Crippen LogP contribution in [-0.4, -0.2) is 27.3 Å². The minimum absolute atomic E-state index is 0.205. The van der Waals surface area contributed by atoms with E-state index in [4.69, 9.17) is 0 Å². The van der Waals surface area contributed by atoms with Crippen molar-refractivity contribution in [1.29, 1.82) is 0 Å². The Morgan fingerprint density at radius 1 is 0.973 bits per heavy atom. The number of carbonyl (C=O) groups excluding carboxylic acids is 2. The Morgan fingerprint density at radius 2 is 1.62 bits per heavy atom. The van der Waals surface area contributed by atoms with Gasteiger partial charge in [-0.05, 0) is 68.3 Å². The smallest absolute Gasteiger partial charge is 0.254 e. The van der Waals surface area contributed by atoms with Gasteiger partial charge in [0.2, 0.25) is 5.91 Å². The maximum Gasteiger partial charge on any atom is 0.254 e. The van der Waals surface area contributed by atoms with Crippen LogP contribution in [0.15, 0.2) is 66.9 Å². The van der Waals surface area contributed by atoms with E-state index in [-0.39, 0.29) is 23.4 Å². The van der Waals surface area contributed by atoms with Gasteiger partial charge in [0.1, 0.15) is 17.5 Å². The number of nitrogens with zero attached hydrogens (tertiary/aromatic N) is 1. The van der Waals surface area contributed by atoms with E-state index in [1.165, 1.54) is 24.3 Å². The number of aromatic amines is 1. The number of halogens is 2. The number of fused-ring (bicyclic) bond motifs is 1. The Bertz CT molecular complexity index is 1490. The highest BCUT2D eigenvalue weighted by Gasteiger charge is 2.35. The number of anilines is 1. The molecule has 2 amide bonds. The predicted octanol–water partition coefficient (Wildman–Crippen LogP) is 5.83. The number of benzene rings is 2. The molecule has 0 saturated heterocycles. The molecule has 0 radical (unpaired) electrons. The Kier molecular flexibility index (Phi) is 6.11. The molecule has 188 valence electrons. The third-order valence-corrected chi connectivity index (χ3v) is 6.57. The Hall–Kier alpha value is -4.33. The molecule has 2 aromatic heterocycles. The summed E-state index contributed by atoms with van der Waals surface area (Å²) in [7, 11) is 0. The second-order valence-corrected chi connectivity index (χ2v) is 9.94. The zero-order valence-corrected chi connectivity index (χ0v) is 20.7. The quantitative estimate of drug-likeness (QED) is 0.322. The molecule has 1 aliphatic rings. The van der Waals surface area contributed by atoms with Crippen LogP contribution in [0.5, 0.6) is 0 Å². The fraction of sp³-hybridized carbons (Fsp3) is 0.207. The van der Waals surface area contributed by atoms with Crippen molar-refractivity contribution in [3.63, 3.8) is 0 Å². The second kappa shape index (κ2) is 9.28. The topological polar surface area (TPSA) is 86.9 Å². The van der Waals surface area contributed by atoms with Crippen LogP contribution in [0, 0.1) is 11.6 Å². The van der Waals surface area contributed by atoms with Gasteiger partial charge in [-0.15, -0.1) is 0 Å². The van der Waals surface area contributed by atoms with E-state index in [2.05, 4.69) is 20.6 Å². The van der Waals surface area contributed by atoms with Crippen LogP contribution in [-0.2, 0) is 11.2 Å². The fourth-order valence-corrected chi connectivity index (χ4v) is 4.70. The van der Waals surface area contributed by atoms with E-state index in [9.17, 15) is 18.4 Å². The van der Waals surface area contributed by atoms with Crippen LogP contribution in [0.2, 0.25) is 0 Å².